The van der Waals surface area contributed by atoms with E-state index in [1.807, 2.05) is 18.2 Å². The number of benzene rings is 1. The van der Waals surface area contributed by atoms with Crippen molar-refractivity contribution in [2.24, 2.45) is 0 Å². The first-order chi connectivity index (χ1) is 8.22. The Hall–Kier alpha value is -1.46. The quantitative estimate of drug-likeness (QED) is 0.923. The number of hydrogen-bond donors (Lipinski definition) is 1. The minimum atomic E-state index is 0.484. The summed E-state index contributed by atoms with van der Waals surface area (Å²) < 4.78 is 10.4. The summed E-state index contributed by atoms with van der Waals surface area (Å²) in [5, 5.41) is 6.13. The molecule has 0 fully saturated rings. The summed E-state index contributed by atoms with van der Waals surface area (Å²) in [5.74, 6) is 1.36. The number of nitrogens with zero attached hydrogens (tertiary/aromatic N) is 1. The third-order valence-electron chi connectivity index (χ3n) is 2.11. The molecule has 2 rings (SSSR count). The van der Waals surface area contributed by atoms with Crippen molar-refractivity contribution in [1.82, 2.24) is 4.98 Å². The molecule has 0 spiro atoms. The van der Waals surface area contributed by atoms with Gasteiger partial charge in [0.15, 0.2) is 16.6 Å². The Labute approximate surface area is 108 Å². The van der Waals surface area contributed by atoms with Crippen LogP contribution in [0.15, 0.2) is 23.6 Å². The third kappa shape index (κ3) is 2.81. The van der Waals surface area contributed by atoms with Crippen molar-refractivity contribution in [1.29, 1.82) is 0 Å². The molecule has 0 aliphatic rings. The van der Waals surface area contributed by atoms with Gasteiger partial charge in [0, 0.05) is 17.1 Å². The maximum absolute atomic E-state index is 5.75. The number of nitrogens with one attached hydrogen (secondary N) is 1. The fourth-order valence-electron chi connectivity index (χ4n) is 1.35. The van der Waals surface area contributed by atoms with Crippen LogP contribution in [0.2, 0.25) is 5.15 Å². The molecule has 0 saturated heterocycles. The molecule has 0 bridgehead atoms. The average molecular weight is 271 g/mol. The van der Waals surface area contributed by atoms with E-state index in [0.29, 0.717) is 16.7 Å². The molecule has 1 aromatic carbocycles. The van der Waals surface area contributed by atoms with Crippen molar-refractivity contribution in [3.63, 3.8) is 0 Å². The molecule has 0 saturated carbocycles. The van der Waals surface area contributed by atoms with E-state index in [1.54, 1.807) is 19.6 Å². The molecule has 0 aliphatic heterocycles. The minimum Gasteiger partial charge on any atom is -0.493 e. The second kappa shape index (κ2) is 5.25. The Bertz CT molecular complexity index is 516. The van der Waals surface area contributed by atoms with Crippen molar-refractivity contribution in [2.75, 3.05) is 19.5 Å². The van der Waals surface area contributed by atoms with E-state index in [4.69, 9.17) is 21.1 Å². The first kappa shape index (κ1) is 12.0. The number of aromatic nitrogens is 1. The Morgan fingerprint density at radius 2 is 2.00 bits per heavy atom. The van der Waals surface area contributed by atoms with Crippen molar-refractivity contribution in [2.45, 2.75) is 0 Å². The normalized spacial score (nSPS) is 10.1. The summed E-state index contributed by atoms with van der Waals surface area (Å²) in [5.41, 5.74) is 0.869. The Morgan fingerprint density at radius 1 is 1.24 bits per heavy atom. The summed E-state index contributed by atoms with van der Waals surface area (Å²) in [4.78, 5) is 4.10. The van der Waals surface area contributed by atoms with Gasteiger partial charge in [0.1, 0.15) is 5.15 Å². The van der Waals surface area contributed by atoms with Crippen molar-refractivity contribution < 1.29 is 9.47 Å². The van der Waals surface area contributed by atoms with Gasteiger partial charge in [0.05, 0.1) is 14.2 Å². The first-order valence-corrected chi connectivity index (χ1v) is 6.09. The van der Waals surface area contributed by atoms with Crippen LogP contribution in [0.4, 0.5) is 10.8 Å². The molecule has 1 heterocycles. The van der Waals surface area contributed by atoms with Crippen LogP contribution >= 0.6 is 22.9 Å². The van der Waals surface area contributed by atoms with Crippen LogP contribution in [-0.2, 0) is 0 Å². The van der Waals surface area contributed by atoms with Gasteiger partial charge in [-0.2, -0.15) is 0 Å². The molecular weight excluding hydrogens is 260 g/mol. The first-order valence-electron chi connectivity index (χ1n) is 4.83. The zero-order chi connectivity index (χ0) is 12.3. The van der Waals surface area contributed by atoms with Crippen LogP contribution < -0.4 is 14.8 Å². The Balaban J connectivity index is 2.22. The topological polar surface area (TPSA) is 43.4 Å². The van der Waals surface area contributed by atoms with Gasteiger partial charge in [-0.3, -0.25) is 0 Å². The standard InChI is InChI=1S/C11H11ClN2O2S/c1-15-8-4-3-7(5-9(8)16-2)13-11-14-10(12)6-17-11/h3-6H,1-2H3,(H,13,14). The minimum absolute atomic E-state index is 0.484. The predicted molar refractivity (Wildman–Crippen MR) is 70.0 cm³/mol. The zero-order valence-corrected chi connectivity index (χ0v) is 10.9. The molecule has 0 radical (unpaired) electrons. The van der Waals surface area contributed by atoms with Crippen molar-refractivity contribution >= 4 is 33.8 Å². The fraction of sp³-hybridized carbons (Fsp3) is 0.182. The molecule has 0 unspecified atom stereocenters. The number of rotatable bonds is 4. The summed E-state index contributed by atoms with van der Waals surface area (Å²) in [6.07, 6.45) is 0. The molecule has 0 atom stereocenters. The molecule has 17 heavy (non-hydrogen) atoms. The SMILES string of the molecule is COc1ccc(Nc2nc(Cl)cs2)cc1OC. The third-order valence-corrected chi connectivity index (χ3v) is 3.19. The van der Waals surface area contributed by atoms with Gasteiger partial charge < -0.3 is 14.8 Å². The lowest BCUT2D eigenvalue weighted by Crippen LogP contribution is -1.93. The largest absolute Gasteiger partial charge is 0.493 e. The van der Waals surface area contributed by atoms with E-state index in [0.717, 1.165) is 10.8 Å². The van der Waals surface area contributed by atoms with Crippen LogP contribution in [0.3, 0.4) is 0 Å². The average Bonchev–Trinajstić information content (AvgIpc) is 2.74. The van der Waals surface area contributed by atoms with E-state index < -0.39 is 0 Å². The number of hydrogen-bond acceptors (Lipinski definition) is 5. The van der Waals surface area contributed by atoms with Crippen LogP contribution in [0, 0.1) is 0 Å². The second-order valence-corrected chi connectivity index (χ2v) is 4.42. The molecule has 1 aromatic heterocycles. The fourth-order valence-corrected chi connectivity index (χ4v) is 2.21. The molecular formula is C11H11ClN2O2S. The monoisotopic (exact) mass is 270 g/mol. The maximum atomic E-state index is 5.75. The van der Waals surface area contributed by atoms with Gasteiger partial charge in [0.2, 0.25) is 0 Å². The van der Waals surface area contributed by atoms with Gasteiger partial charge >= 0.3 is 0 Å². The predicted octanol–water partition coefficient (Wildman–Crippen LogP) is 3.56. The molecule has 6 heteroatoms. The summed E-state index contributed by atoms with van der Waals surface area (Å²) >= 11 is 7.19. The summed E-state index contributed by atoms with van der Waals surface area (Å²) in [6.45, 7) is 0. The number of halogens is 1. The van der Waals surface area contributed by atoms with Crippen molar-refractivity contribution in [3.8, 4) is 11.5 Å². The lowest BCUT2D eigenvalue weighted by Gasteiger charge is -2.09. The van der Waals surface area contributed by atoms with E-state index >= 15 is 0 Å². The highest BCUT2D eigenvalue weighted by Crippen LogP contribution is 2.31. The van der Waals surface area contributed by atoms with Crippen molar-refractivity contribution in [3.05, 3.63) is 28.7 Å². The number of methoxy groups -OCH3 is 2. The van der Waals surface area contributed by atoms with E-state index in [9.17, 15) is 0 Å². The van der Waals surface area contributed by atoms with Crippen LogP contribution in [0.25, 0.3) is 0 Å². The number of anilines is 2. The van der Waals surface area contributed by atoms with Gasteiger partial charge in [0.25, 0.3) is 0 Å². The van der Waals surface area contributed by atoms with E-state index in [-0.39, 0.29) is 0 Å². The lowest BCUT2D eigenvalue weighted by atomic mass is 10.3. The number of thiazole rings is 1. The molecule has 0 amide bonds. The second-order valence-electron chi connectivity index (χ2n) is 3.17. The Morgan fingerprint density at radius 3 is 2.59 bits per heavy atom. The lowest BCUT2D eigenvalue weighted by molar-refractivity contribution is 0.355. The van der Waals surface area contributed by atoms with E-state index in [1.165, 1.54) is 11.3 Å². The van der Waals surface area contributed by atoms with Gasteiger partial charge in [-0.25, -0.2) is 4.98 Å². The summed E-state index contributed by atoms with van der Waals surface area (Å²) in [7, 11) is 3.20. The van der Waals surface area contributed by atoms with Crippen LogP contribution in [-0.4, -0.2) is 19.2 Å². The maximum Gasteiger partial charge on any atom is 0.188 e. The smallest absolute Gasteiger partial charge is 0.188 e. The van der Waals surface area contributed by atoms with Gasteiger partial charge in [-0.15, -0.1) is 11.3 Å². The van der Waals surface area contributed by atoms with Crippen LogP contribution in [0.1, 0.15) is 0 Å². The summed E-state index contributed by atoms with van der Waals surface area (Å²) in [6, 6.07) is 5.56. The molecule has 4 nitrogen and oxygen atoms in total. The molecule has 2 aromatic rings. The molecule has 1 N–H and O–H groups in total. The zero-order valence-electron chi connectivity index (χ0n) is 9.36. The Kier molecular flexibility index (Phi) is 3.71. The van der Waals surface area contributed by atoms with Crippen LogP contribution in [0.5, 0.6) is 11.5 Å². The van der Waals surface area contributed by atoms with Gasteiger partial charge in [-0.05, 0) is 12.1 Å². The van der Waals surface area contributed by atoms with Gasteiger partial charge in [-0.1, -0.05) is 11.6 Å². The molecule has 0 aliphatic carbocycles. The van der Waals surface area contributed by atoms with E-state index in [2.05, 4.69) is 10.3 Å². The highest BCUT2D eigenvalue weighted by atomic mass is 35.5. The highest BCUT2D eigenvalue weighted by Gasteiger charge is 2.06. The highest BCUT2D eigenvalue weighted by molar-refractivity contribution is 7.14. The number of ether oxygens (including phenoxy) is 2. The molecule has 90 valence electrons.